The van der Waals surface area contributed by atoms with Crippen LogP contribution in [-0.4, -0.2) is 124 Å². The van der Waals surface area contributed by atoms with E-state index in [2.05, 4.69) is 65.3 Å². The van der Waals surface area contributed by atoms with Crippen molar-refractivity contribution >= 4 is 0 Å². The zero-order valence-electron chi connectivity index (χ0n) is 26.0. The molecule has 7 heterocycles. The average Bonchev–Trinajstić information content (AvgIpc) is 3.66. The number of likely N-dealkylation sites (tertiary alicyclic amines) is 1. The molecule has 1 aliphatic carbocycles. The number of piperidine rings is 3. The molecule has 1 saturated carbocycles. The molecule has 0 aromatic heterocycles. The number of likely N-dealkylation sites (N-methyl/N-ethyl adjacent to an activating group) is 2. The van der Waals surface area contributed by atoms with Gasteiger partial charge in [0.1, 0.15) is 0 Å². The summed E-state index contributed by atoms with van der Waals surface area (Å²) in [6.07, 6.45) is 18.7. The molecule has 38 heavy (non-hydrogen) atoms. The van der Waals surface area contributed by atoms with Crippen molar-refractivity contribution in [3.8, 4) is 0 Å². The van der Waals surface area contributed by atoms with Crippen molar-refractivity contribution < 1.29 is 0 Å². The van der Waals surface area contributed by atoms with Crippen molar-refractivity contribution in [1.29, 1.82) is 0 Å². The normalized spacial score (nSPS) is 39.9. The minimum atomic E-state index is 0.818. The maximum atomic E-state index is 3.55. The first-order chi connectivity index (χ1) is 18.4. The maximum Gasteiger partial charge on any atom is 0.0258 e. The van der Waals surface area contributed by atoms with Crippen LogP contribution >= 0.6 is 0 Å². The van der Waals surface area contributed by atoms with Gasteiger partial charge in [0, 0.05) is 49.8 Å². The molecule has 7 saturated heterocycles. The van der Waals surface area contributed by atoms with Crippen LogP contribution in [0.15, 0.2) is 0 Å². The van der Waals surface area contributed by atoms with Crippen molar-refractivity contribution in [3.63, 3.8) is 0 Å². The summed E-state index contributed by atoms with van der Waals surface area (Å²) in [5, 5.41) is 6.99. The Bertz CT molecular complexity index is 620. The molecule has 222 valence electrons. The smallest absolute Gasteiger partial charge is 0.0258 e. The van der Waals surface area contributed by atoms with E-state index in [9.17, 15) is 0 Å². The highest BCUT2D eigenvalue weighted by atomic mass is 15.2. The summed E-state index contributed by atoms with van der Waals surface area (Å²) < 4.78 is 0. The number of nitrogens with one attached hydrogen (secondary N) is 2. The van der Waals surface area contributed by atoms with Gasteiger partial charge in [0.2, 0.25) is 0 Å². The number of fused-ring (bicyclic) bond motifs is 6. The quantitative estimate of drug-likeness (QED) is 0.489. The molecule has 0 spiro atoms. The molecule has 0 aromatic carbocycles. The van der Waals surface area contributed by atoms with Crippen molar-refractivity contribution in [1.82, 2.24) is 30.2 Å². The summed E-state index contributed by atoms with van der Waals surface area (Å²) in [6.45, 7) is 11.1. The third-order valence-corrected chi connectivity index (χ3v) is 11.2. The Morgan fingerprint density at radius 1 is 0.579 bits per heavy atom. The van der Waals surface area contributed by atoms with E-state index in [4.69, 9.17) is 0 Å². The van der Waals surface area contributed by atoms with Crippen LogP contribution in [0.2, 0.25) is 0 Å². The molecule has 8 aliphatic rings. The standard InChI is InChI=1S/C9H20N2.C8H16N2.C8H15N.C7H13N/c1-9-3-5-10-6-8-11(2)7-4-9;1-10-6-2-3-7-8(10)4-5-9-7;1-9-6-7-2-4-8(9)5-3-7;1-8-6-2-3-7(8)5-4-6/h9-10H,3-8H2,1-2H3;7-9H,2-6H2,1H3;7-8H,2-6H2,1H3;6-7H,2-5H2,1H3. The van der Waals surface area contributed by atoms with Crippen molar-refractivity contribution in [3.05, 3.63) is 0 Å². The van der Waals surface area contributed by atoms with Crippen molar-refractivity contribution in [2.45, 2.75) is 121 Å². The Kier molecular flexibility index (Phi) is 12.7. The van der Waals surface area contributed by atoms with Crippen LogP contribution in [0.25, 0.3) is 0 Å². The second-order valence-corrected chi connectivity index (χ2v) is 14.0. The fourth-order valence-electron chi connectivity index (χ4n) is 8.24. The summed E-state index contributed by atoms with van der Waals surface area (Å²) >= 11 is 0. The van der Waals surface area contributed by atoms with E-state index in [0.29, 0.717) is 0 Å². The summed E-state index contributed by atoms with van der Waals surface area (Å²) in [7, 11) is 9.01. The van der Waals surface area contributed by atoms with E-state index < -0.39 is 0 Å². The molecule has 7 aliphatic heterocycles. The SMILES string of the molecule is CC1CCNCCN(C)CC1.CN1C2CCC1CC2.CN1CC2CCC1CC2.CN1CCCC2NCCC21. The molecule has 8 rings (SSSR count). The molecule has 2 N–H and O–H groups in total. The predicted molar refractivity (Wildman–Crippen MR) is 163 cm³/mol. The van der Waals surface area contributed by atoms with Crippen LogP contribution in [0.4, 0.5) is 0 Å². The Morgan fingerprint density at radius 3 is 1.79 bits per heavy atom. The highest BCUT2D eigenvalue weighted by Gasteiger charge is 2.36. The molecule has 3 atom stereocenters. The lowest BCUT2D eigenvalue weighted by Crippen LogP contribution is -2.46. The van der Waals surface area contributed by atoms with Crippen molar-refractivity contribution in [2.75, 3.05) is 74.0 Å². The van der Waals surface area contributed by atoms with Gasteiger partial charge in [-0.15, -0.1) is 0 Å². The van der Waals surface area contributed by atoms with E-state index in [1.807, 2.05) is 0 Å². The van der Waals surface area contributed by atoms with E-state index in [1.54, 1.807) is 0 Å². The third kappa shape index (κ3) is 9.14. The zero-order valence-corrected chi connectivity index (χ0v) is 26.0. The maximum absolute atomic E-state index is 3.55. The molecule has 3 unspecified atom stereocenters. The lowest BCUT2D eigenvalue weighted by atomic mass is 9.80. The largest absolute Gasteiger partial charge is 0.315 e. The molecule has 6 heteroatoms. The molecule has 4 bridgehead atoms. The molecule has 0 radical (unpaired) electrons. The second kappa shape index (κ2) is 15.7. The van der Waals surface area contributed by atoms with Crippen LogP contribution in [0.1, 0.15) is 90.4 Å². The summed E-state index contributed by atoms with van der Waals surface area (Å²) in [6, 6.07) is 4.57. The van der Waals surface area contributed by atoms with E-state index >= 15 is 0 Å². The fourth-order valence-corrected chi connectivity index (χ4v) is 8.24. The first-order valence-electron chi connectivity index (χ1n) is 16.7. The molecule has 0 aromatic rings. The van der Waals surface area contributed by atoms with Gasteiger partial charge in [0.15, 0.2) is 0 Å². The van der Waals surface area contributed by atoms with Crippen LogP contribution in [0, 0.1) is 11.8 Å². The van der Waals surface area contributed by atoms with Gasteiger partial charge in [-0.1, -0.05) is 6.92 Å². The lowest BCUT2D eigenvalue weighted by Gasteiger charge is -2.43. The molecular weight excluding hydrogens is 468 g/mol. The second-order valence-electron chi connectivity index (χ2n) is 14.0. The summed E-state index contributed by atoms with van der Waals surface area (Å²) in [5.74, 6) is 1.95. The van der Waals surface area contributed by atoms with Gasteiger partial charge in [0.05, 0.1) is 0 Å². The van der Waals surface area contributed by atoms with Crippen molar-refractivity contribution in [2.24, 2.45) is 11.8 Å². The van der Waals surface area contributed by atoms with Gasteiger partial charge in [-0.3, -0.25) is 0 Å². The van der Waals surface area contributed by atoms with Gasteiger partial charge >= 0.3 is 0 Å². The first kappa shape index (κ1) is 30.7. The predicted octanol–water partition coefficient (Wildman–Crippen LogP) is 4.11. The van der Waals surface area contributed by atoms with Gasteiger partial charge in [-0.05, 0) is 150 Å². The molecule has 8 fully saturated rings. The number of nitrogens with zero attached hydrogens (tertiary/aromatic N) is 4. The zero-order chi connectivity index (χ0) is 26.9. The van der Waals surface area contributed by atoms with E-state index in [1.165, 1.54) is 123 Å². The topological polar surface area (TPSA) is 37.0 Å². The Balaban J connectivity index is 0.000000118. The highest BCUT2D eigenvalue weighted by Crippen LogP contribution is 2.35. The first-order valence-corrected chi connectivity index (χ1v) is 16.7. The minimum Gasteiger partial charge on any atom is -0.315 e. The van der Waals surface area contributed by atoms with Gasteiger partial charge in [0.25, 0.3) is 0 Å². The van der Waals surface area contributed by atoms with E-state index in [-0.39, 0.29) is 0 Å². The number of hydrogen-bond acceptors (Lipinski definition) is 6. The van der Waals surface area contributed by atoms with Crippen LogP contribution in [0.5, 0.6) is 0 Å². The van der Waals surface area contributed by atoms with Crippen LogP contribution < -0.4 is 10.6 Å². The number of rotatable bonds is 0. The van der Waals surface area contributed by atoms with Gasteiger partial charge < -0.3 is 30.2 Å². The third-order valence-electron chi connectivity index (χ3n) is 11.2. The van der Waals surface area contributed by atoms with Gasteiger partial charge in [-0.2, -0.15) is 0 Å². The average molecular weight is 533 g/mol. The monoisotopic (exact) mass is 533 g/mol. The fraction of sp³-hybridized carbons (Fsp3) is 1.00. The lowest BCUT2D eigenvalue weighted by molar-refractivity contribution is 0.0727. The molecular formula is C32H64N6. The van der Waals surface area contributed by atoms with Gasteiger partial charge in [-0.25, -0.2) is 0 Å². The number of hydrogen-bond donors (Lipinski definition) is 2. The minimum absolute atomic E-state index is 0.818. The Hall–Kier alpha value is -0.240. The van der Waals surface area contributed by atoms with E-state index in [0.717, 1.165) is 48.6 Å². The molecule has 0 amide bonds. The summed E-state index contributed by atoms with van der Waals surface area (Å²) in [4.78, 5) is 10.0. The Labute approximate surface area is 236 Å². The van der Waals surface area contributed by atoms with Crippen LogP contribution in [0.3, 0.4) is 0 Å². The highest BCUT2D eigenvalue weighted by molar-refractivity contribution is 4.93. The Morgan fingerprint density at radius 2 is 1.26 bits per heavy atom. The van der Waals surface area contributed by atoms with Crippen LogP contribution in [-0.2, 0) is 0 Å². The summed E-state index contributed by atoms with van der Waals surface area (Å²) in [5.41, 5.74) is 0. The molecule has 6 nitrogen and oxygen atoms in total.